The molecule has 3 aromatic rings. The van der Waals surface area contributed by atoms with Crippen LogP contribution >= 0.6 is 0 Å². The van der Waals surface area contributed by atoms with Crippen LogP contribution in [0.4, 0.5) is 0 Å². The summed E-state index contributed by atoms with van der Waals surface area (Å²) >= 11 is 0. The van der Waals surface area contributed by atoms with Crippen LogP contribution in [0.25, 0.3) is 10.9 Å². The highest BCUT2D eigenvalue weighted by molar-refractivity contribution is 5.98. The predicted octanol–water partition coefficient (Wildman–Crippen LogP) is 2.86. The first-order chi connectivity index (χ1) is 15.2. The Morgan fingerprint density at radius 1 is 0.871 bits per heavy atom. The average molecular weight is 419 g/mol. The maximum Gasteiger partial charge on any atom is 0.270 e. The highest BCUT2D eigenvalue weighted by Gasteiger charge is 2.26. The maximum atomic E-state index is 12.9. The van der Waals surface area contributed by atoms with Crippen molar-refractivity contribution < 1.29 is 19.1 Å². The number of aromatic amines is 1. The zero-order chi connectivity index (χ0) is 21.2. The van der Waals surface area contributed by atoms with Gasteiger partial charge in [0.25, 0.3) is 5.91 Å². The van der Waals surface area contributed by atoms with Gasteiger partial charge in [0.05, 0.1) is 19.6 Å². The van der Waals surface area contributed by atoms with Crippen molar-refractivity contribution in [1.29, 1.82) is 0 Å². The maximum absolute atomic E-state index is 12.9. The number of carbonyl (C=O) groups is 2. The monoisotopic (exact) mass is 419 g/mol. The summed E-state index contributed by atoms with van der Waals surface area (Å²) in [7, 11) is 0. The fourth-order valence-electron chi connectivity index (χ4n) is 4.12. The first-order valence-electron chi connectivity index (χ1n) is 10.7. The van der Waals surface area contributed by atoms with Crippen LogP contribution in [0.5, 0.6) is 11.5 Å². The Labute approximate surface area is 180 Å². The lowest BCUT2D eigenvalue weighted by Crippen LogP contribution is -2.51. The number of aromatic nitrogens is 1. The second-order valence-electron chi connectivity index (χ2n) is 7.95. The summed E-state index contributed by atoms with van der Waals surface area (Å²) in [5, 5.41) is 1.02. The highest BCUT2D eigenvalue weighted by atomic mass is 16.5. The summed E-state index contributed by atoms with van der Waals surface area (Å²) in [5.41, 5.74) is 2.45. The Balaban J connectivity index is 1.19. The van der Waals surface area contributed by atoms with Gasteiger partial charge in [-0.1, -0.05) is 24.3 Å². The van der Waals surface area contributed by atoms with Crippen molar-refractivity contribution >= 4 is 22.7 Å². The first-order valence-corrected chi connectivity index (χ1v) is 10.7. The van der Waals surface area contributed by atoms with Crippen LogP contribution in [0.3, 0.4) is 0 Å². The van der Waals surface area contributed by atoms with Gasteiger partial charge < -0.3 is 24.3 Å². The molecule has 1 N–H and O–H groups in total. The van der Waals surface area contributed by atoms with E-state index >= 15 is 0 Å². The predicted molar refractivity (Wildman–Crippen MR) is 117 cm³/mol. The molecule has 2 aromatic carbocycles. The topological polar surface area (TPSA) is 74.9 Å². The molecule has 0 aliphatic carbocycles. The fraction of sp³-hybridized carbons (Fsp3) is 0.333. The molecule has 160 valence electrons. The molecule has 31 heavy (non-hydrogen) atoms. The van der Waals surface area contributed by atoms with E-state index in [1.165, 1.54) is 0 Å². The van der Waals surface area contributed by atoms with Gasteiger partial charge in [-0.2, -0.15) is 0 Å². The summed E-state index contributed by atoms with van der Waals surface area (Å²) in [5.74, 6) is 1.48. The van der Waals surface area contributed by atoms with Gasteiger partial charge in [0.2, 0.25) is 5.91 Å². The molecule has 2 aliphatic rings. The molecule has 0 atom stereocenters. The molecule has 3 heterocycles. The van der Waals surface area contributed by atoms with Crippen LogP contribution < -0.4 is 9.47 Å². The normalized spacial score (nSPS) is 16.3. The lowest BCUT2D eigenvalue weighted by Gasteiger charge is -2.34. The number of ether oxygens (including phenoxy) is 2. The third-order valence-corrected chi connectivity index (χ3v) is 5.85. The summed E-state index contributed by atoms with van der Waals surface area (Å²) in [6, 6.07) is 15.4. The molecule has 1 aromatic heterocycles. The largest absolute Gasteiger partial charge is 0.490 e. The number of para-hydroxylation sites is 1. The van der Waals surface area contributed by atoms with E-state index in [-0.39, 0.29) is 11.8 Å². The van der Waals surface area contributed by atoms with Gasteiger partial charge in [-0.05, 0) is 29.8 Å². The van der Waals surface area contributed by atoms with E-state index in [1.54, 1.807) is 0 Å². The van der Waals surface area contributed by atoms with E-state index in [9.17, 15) is 9.59 Å². The van der Waals surface area contributed by atoms with Crippen molar-refractivity contribution in [2.45, 2.75) is 12.8 Å². The van der Waals surface area contributed by atoms with Crippen LogP contribution in [-0.4, -0.2) is 66.0 Å². The highest BCUT2D eigenvalue weighted by Crippen LogP contribution is 2.30. The number of carbonyl (C=O) groups excluding carboxylic acids is 2. The van der Waals surface area contributed by atoms with Gasteiger partial charge in [0, 0.05) is 43.5 Å². The number of amides is 2. The van der Waals surface area contributed by atoms with E-state index < -0.39 is 0 Å². The number of nitrogens with zero attached hydrogens (tertiary/aromatic N) is 2. The number of benzene rings is 2. The number of piperazine rings is 1. The Kier molecular flexibility index (Phi) is 5.24. The molecule has 0 unspecified atom stereocenters. The van der Waals surface area contributed by atoms with Gasteiger partial charge in [0.1, 0.15) is 5.69 Å². The second-order valence-corrected chi connectivity index (χ2v) is 7.95. The van der Waals surface area contributed by atoms with Crippen LogP contribution in [0.1, 0.15) is 22.5 Å². The first kappa shape index (κ1) is 19.5. The van der Waals surface area contributed by atoms with Gasteiger partial charge >= 0.3 is 0 Å². The standard InChI is InChI=1S/C24H25N3O4/c28-23(15-17-6-7-21-22(14-17)31-13-3-12-30-21)26-8-10-27(11-9-26)24(29)20-16-18-4-1-2-5-19(18)25-20/h1-2,4-7,14,16,25H,3,8-13,15H2. The quantitative estimate of drug-likeness (QED) is 0.709. The van der Waals surface area contributed by atoms with Crippen molar-refractivity contribution in [2.75, 3.05) is 39.4 Å². The van der Waals surface area contributed by atoms with Crippen molar-refractivity contribution in [3.8, 4) is 11.5 Å². The number of hydrogen-bond donors (Lipinski definition) is 1. The molecular weight excluding hydrogens is 394 g/mol. The zero-order valence-corrected chi connectivity index (χ0v) is 17.3. The Morgan fingerprint density at radius 2 is 1.61 bits per heavy atom. The third-order valence-electron chi connectivity index (χ3n) is 5.85. The lowest BCUT2D eigenvalue weighted by atomic mass is 10.1. The van der Waals surface area contributed by atoms with Crippen molar-refractivity contribution in [3.05, 3.63) is 59.8 Å². The SMILES string of the molecule is O=C(Cc1ccc2c(c1)OCCCO2)N1CCN(C(=O)c2cc3ccccc3[nH]2)CC1. The second kappa shape index (κ2) is 8.34. The Bertz CT molecular complexity index is 1080. The van der Waals surface area contributed by atoms with Crippen LogP contribution in [0, 0.1) is 0 Å². The van der Waals surface area contributed by atoms with E-state index in [0.717, 1.165) is 28.6 Å². The minimum absolute atomic E-state index is 0.0220. The van der Waals surface area contributed by atoms with Crippen molar-refractivity contribution in [1.82, 2.24) is 14.8 Å². The van der Waals surface area contributed by atoms with Gasteiger partial charge in [-0.25, -0.2) is 0 Å². The van der Waals surface area contributed by atoms with Gasteiger partial charge in [0.15, 0.2) is 11.5 Å². The minimum Gasteiger partial charge on any atom is -0.490 e. The summed E-state index contributed by atoms with van der Waals surface area (Å²) < 4.78 is 11.4. The van der Waals surface area contributed by atoms with Crippen molar-refractivity contribution in [3.63, 3.8) is 0 Å². The molecule has 2 aliphatic heterocycles. The molecule has 7 nitrogen and oxygen atoms in total. The number of nitrogens with one attached hydrogen (secondary N) is 1. The number of hydrogen-bond acceptors (Lipinski definition) is 4. The molecule has 1 saturated heterocycles. The smallest absolute Gasteiger partial charge is 0.270 e. The molecule has 0 spiro atoms. The van der Waals surface area contributed by atoms with Crippen LogP contribution in [-0.2, 0) is 11.2 Å². The van der Waals surface area contributed by atoms with Gasteiger partial charge in [-0.15, -0.1) is 0 Å². The van der Waals surface area contributed by atoms with E-state index in [2.05, 4.69) is 4.98 Å². The van der Waals surface area contributed by atoms with Crippen molar-refractivity contribution in [2.24, 2.45) is 0 Å². The zero-order valence-electron chi connectivity index (χ0n) is 17.3. The number of fused-ring (bicyclic) bond motifs is 2. The molecular formula is C24H25N3O4. The molecule has 0 radical (unpaired) electrons. The third kappa shape index (κ3) is 4.08. The molecule has 5 rings (SSSR count). The lowest BCUT2D eigenvalue weighted by molar-refractivity contribution is -0.131. The summed E-state index contributed by atoms with van der Waals surface area (Å²) in [6.07, 6.45) is 1.16. The molecule has 0 bridgehead atoms. The Hall–Kier alpha value is -3.48. The molecule has 1 fully saturated rings. The van der Waals surface area contributed by atoms with E-state index in [0.29, 0.717) is 57.3 Å². The molecule has 0 saturated carbocycles. The number of H-pyrrole nitrogens is 1. The van der Waals surface area contributed by atoms with E-state index in [1.807, 2.05) is 58.3 Å². The summed E-state index contributed by atoms with van der Waals surface area (Å²) in [6.45, 7) is 3.40. The van der Waals surface area contributed by atoms with Crippen LogP contribution in [0.15, 0.2) is 48.5 Å². The Morgan fingerprint density at radius 3 is 2.42 bits per heavy atom. The van der Waals surface area contributed by atoms with E-state index in [4.69, 9.17) is 9.47 Å². The number of rotatable bonds is 3. The summed E-state index contributed by atoms with van der Waals surface area (Å²) in [4.78, 5) is 32.5. The molecule has 2 amide bonds. The van der Waals surface area contributed by atoms with Gasteiger partial charge in [-0.3, -0.25) is 9.59 Å². The molecule has 7 heteroatoms. The van der Waals surface area contributed by atoms with Crippen LogP contribution in [0.2, 0.25) is 0 Å². The fourth-order valence-corrected chi connectivity index (χ4v) is 4.12. The minimum atomic E-state index is -0.0220. The average Bonchev–Trinajstić information content (AvgIpc) is 3.10.